The molecule has 0 saturated carbocycles. The largest absolute Gasteiger partial charge is 0.493 e. The Kier molecular flexibility index (Phi) is 2.83. The summed E-state index contributed by atoms with van der Waals surface area (Å²) in [5, 5.41) is 12.6. The summed E-state index contributed by atoms with van der Waals surface area (Å²) in [5.74, 6) is 0.0684. The monoisotopic (exact) mass is 222 g/mol. The predicted molar refractivity (Wildman–Crippen MR) is 66.7 cm³/mol. The lowest BCUT2D eigenvalue weighted by Gasteiger charge is -2.02. The predicted octanol–water partition coefficient (Wildman–Crippen LogP) is 2.71. The zero-order valence-corrected chi connectivity index (χ0v) is 9.75. The van der Waals surface area contributed by atoms with E-state index >= 15 is 0 Å². The van der Waals surface area contributed by atoms with Crippen molar-refractivity contribution in [2.45, 2.75) is 0 Å². The topological polar surface area (TPSA) is 33.1 Å². The third-order valence-corrected chi connectivity index (χ3v) is 2.57. The molecule has 1 aromatic heterocycles. The van der Waals surface area contributed by atoms with E-state index in [4.69, 9.17) is 0 Å². The molecule has 0 bridgehead atoms. The molecule has 3 aromatic rings. The third-order valence-electron chi connectivity index (χ3n) is 2.57. The van der Waals surface area contributed by atoms with Gasteiger partial charge >= 0.3 is 0 Å². The van der Waals surface area contributed by atoms with Crippen molar-refractivity contribution in [1.29, 1.82) is 0 Å². The second-order valence-electron chi connectivity index (χ2n) is 3.53. The van der Waals surface area contributed by atoms with Gasteiger partial charge in [0.05, 0.1) is 5.52 Å². The fraction of sp³-hybridized carbons (Fsp3) is 0. The molecule has 3 heteroatoms. The van der Waals surface area contributed by atoms with E-state index < -0.39 is 0 Å². The van der Waals surface area contributed by atoms with E-state index in [9.17, 15) is 5.11 Å². The van der Waals surface area contributed by atoms with Crippen LogP contribution in [0, 0.1) is 0 Å². The number of hydrogen-bond donors (Lipinski definition) is 1. The number of rotatable bonds is 0. The molecule has 0 aliphatic rings. The number of fused-ring (bicyclic) bond motifs is 3. The second-order valence-corrected chi connectivity index (χ2v) is 3.53. The molecular weight excluding hydrogens is 213 g/mol. The summed E-state index contributed by atoms with van der Waals surface area (Å²) in [7, 11) is 0. The summed E-state index contributed by atoms with van der Waals surface area (Å²) in [6, 6.07) is 15.6. The first kappa shape index (κ1) is 10.9. The zero-order valence-electron chi connectivity index (χ0n) is 8.59. The van der Waals surface area contributed by atoms with Crippen LogP contribution >= 0.6 is 0 Å². The number of benzene rings is 2. The highest BCUT2D eigenvalue weighted by atomic mass is 27.0. The first-order chi connectivity index (χ1) is 7.34. The molecule has 16 heavy (non-hydrogen) atoms. The Hall–Kier alpha value is -1.56. The van der Waals surface area contributed by atoms with Crippen LogP contribution in [0.25, 0.3) is 21.7 Å². The van der Waals surface area contributed by atoms with Crippen LogP contribution in [0.15, 0.2) is 48.5 Å². The fourth-order valence-electron chi connectivity index (χ4n) is 1.85. The van der Waals surface area contributed by atoms with Crippen molar-refractivity contribution in [3.63, 3.8) is 0 Å². The molecule has 0 aliphatic heterocycles. The van der Waals surface area contributed by atoms with Crippen LogP contribution in [0.2, 0.25) is 0 Å². The molecule has 2 nitrogen and oxygen atoms in total. The van der Waals surface area contributed by atoms with Gasteiger partial charge in [-0.1, -0.05) is 36.4 Å². The number of aromatic nitrogens is 1. The SMILES string of the molecule is Oc1ccc2ccc3ccccc3c2n1.[Al]. The molecule has 0 unspecified atom stereocenters. The van der Waals surface area contributed by atoms with Gasteiger partial charge in [0.2, 0.25) is 5.88 Å². The van der Waals surface area contributed by atoms with E-state index in [1.165, 1.54) is 0 Å². The molecule has 3 radical (unpaired) electrons. The summed E-state index contributed by atoms with van der Waals surface area (Å²) in [6.45, 7) is 0. The summed E-state index contributed by atoms with van der Waals surface area (Å²) in [6.07, 6.45) is 0. The Bertz CT molecular complexity index is 652. The third kappa shape index (κ3) is 1.65. The van der Waals surface area contributed by atoms with E-state index in [2.05, 4.69) is 11.1 Å². The van der Waals surface area contributed by atoms with Gasteiger partial charge in [-0.3, -0.25) is 0 Å². The van der Waals surface area contributed by atoms with Crippen molar-refractivity contribution in [2.75, 3.05) is 0 Å². The van der Waals surface area contributed by atoms with E-state index in [1.807, 2.05) is 36.4 Å². The number of hydrogen-bond acceptors (Lipinski definition) is 2. The van der Waals surface area contributed by atoms with Crippen molar-refractivity contribution in [1.82, 2.24) is 4.98 Å². The minimum absolute atomic E-state index is 0. The molecule has 0 aliphatic carbocycles. The molecule has 0 saturated heterocycles. The minimum atomic E-state index is 0. The normalized spacial score (nSPS) is 10.2. The summed E-state index contributed by atoms with van der Waals surface area (Å²) in [5.41, 5.74) is 0.855. The van der Waals surface area contributed by atoms with Gasteiger partial charge in [0.25, 0.3) is 0 Å². The van der Waals surface area contributed by atoms with Gasteiger partial charge < -0.3 is 5.11 Å². The minimum Gasteiger partial charge on any atom is -0.493 e. The van der Waals surface area contributed by atoms with Crippen LogP contribution in [-0.4, -0.2) is 27.5 Å². The molecule has 2 aromatic carbocycles. The molecule has 1 heterocycles. The van der Waals surface area contributed by atoms with E-state index in [-0.39, 0.29) is 23.2 Å². The first-order valence-corrected chi connectivity index (χ1v) is 4.82. The van der Waals surface area contributed by atoms with Gasteiger partial charge in [-0.2, -0.15) is 0 Å². The van der Waals surface area contributed by atoms with Gasteiger partial charge in [0.1, 0.15) is 0 Å². The Balaban J connectivity index is 0.000000963. The molecule has 75 valence electrons. The average molecular weight is 222 g/mol. The molecule has 1 N–H and O–H groups in total. The number of aromatic hydroxyl groups is 1. The van der Waals surface area contributed by atoms with Gasteiger partial charge in [0, 0.05) is 34.2 Å². The molecule has 0 atom stereocenters. The van der Waals surface area contributed by atoms with Crippen molar-refractivity contribution >= 4 is 39.0 Å². The van der Waals surface area contributed by atoms with E-state index in [0.29, 0.717) is 0 Å². The highest BCUT2D eigenvalue weighted by Gasteiger charge is 2.01. The van der Waals surface area contributed by atoms with Crippen molar-refractivity contribution in [3.8, 4) is 5.88 Å². The Morgan fingerprint density at radius 3 is 2.38 bits per heavy atom. The lowest BCUT2D eigenvalue weighted by molar-refractivity contribution is 0.456. The molecule has 0 spiro atoms. The van der Waals surface area contributed by atoms with E-state index in [1.54, 1.807) is 6.07 Å². The smallest absolute Gasteiger partial charge is 0.211 e. The van der Waals surface area contributed by atoms with Gasteiger partial charge in [-0.25, -0.2) is 4.98 Å². The van der Waals surface area contributed by atoms with Gasteiger partial charge in [-0.15, -0.1) is 0 Å². The van der Waals surface area contributed by atoms with Crippen LogP contribution < -0.4 is 0 Å². The first-order valence-electron chi connectivity index (χ1n) is 4.82. The lowest BCUT2D eigenvalue weighted by atomic mass is 10.1. The quantitative estimate of drug-likeness (QED) is 0.468. The summed E-state index contributed by atoms with van der Waals surface area (Å²) < 4.78 is 0. The van der Waals surface area contributed by atoms with Crippen LogP contribution in [-0.2, 0) is 0 Å². The zero-order chi connectivity index (χ0) is 10.3. The molecule has 0 amide bonds. The van der Waals surface area contributed by atoms with Crippen LogP contribution in [0.3, 0.4) is 0 Å². The number of pyridine rings is 1. The van der Waals surface area contributed by atoms with Crippen LogP contribution in [0.4, 0.5) is 0 Å². The van der Waals surface area contributed by atoms with Gasteiger partial charge in [-0.05, 0) is 11.5 Å². The van der Waals surface area contributed by atoms with Crippen LogP contribution in [0.5, 0.6) is 5.88 Å². The molecular formula is C13H9AlNO. The highest BCUT2D eigenvalue weighted by molar-refractivity contribution is 6.05. The van der Waals surface area contributed by atoms with Crippen molar-refractivity contribution in [3.05, 3.63) is 48.5 Å². The highest BCUT2D eigenvalue weighted by Crippen LogP contribution is 2.24. The Labute approximate surface area is 104 Å². The average Bonchev–Trinajstić information content (AvgIpc) is 2.29. The van der Waals surface area contributed by atoms with E-state index in [0.717, 1.165) is 21.7 Å². The summed E-state index contributed by atoms with van der Waals surface area (Å²) in [4.78, 5) is 4.16. The summed E-state index contributed by atoms with van der Waals surface area (Å²) >= 11 is 0. The van der Waals surface area contributed by atoms with Crippen LogP contribution in [0.1, 0.15) is 0 Å². The molecule has 0 fully saturated rings. The second kappa shape index (κ2) is 4.13. The lowest BCUT2D eigenvalue weighted by Crippen LogP contribution is -1.81. The van der Waals surface area contributed by atoms with Crippen molar-refractivity contribution < 1.29 is 5.11 Å². The standard InChI is InChI=1S/C13H9NO.Al/c15-12-8-7-10-6-5-9-3-1-2-4-11(9)13(10)14-12;/h1-8H,(H,14,15);. The Morgan fingerprint density at radius 2 is 1.50 bits per heavy atom. The number of nitrogens with zero attached hydrogens (tertiary/aromatic N) is 1. The maximum Gasteiger partial charge on any atom is 0.211 e. The maximum absolute atomic E-state index is 9.38. The molecule has 3 rings (SSSR count). The van der Waals surface area contributed by atoms with Crippen molar-refractivity contribution in [2.24, 2.45) is 0 Å². The van der Waals surface area contributed by atoms with Gasteiger partial charge in [0.15, 0.2) is 0 Å². The fourth-order valence-corrected chi connectivity index (χ4v) is 1.85. The Morgan fingerprint density at radius 1 is 0.812 bits per heavy atom. The maximum atomic E-state index is 9.38.